The summed E-state index contributed by atoms with van der Waals surface area (Å²) < 4.78 is 1.82. The molecule has 0 radical (unpaired) electrons. The molecule has 3 heterocycles. The van der Waals surface area contributed by atoms with Gasteiger partial charge in [-0.15, -0.1) is 0 Å². The summed E-state index contributed by atoms with van der Waals surface area (Å²) in [7, 11) is 1.93. The number of piperidine rings is 1. The van der Waals surface area contributed by atoms with Crippen molar-refractivity contribution >= 4 is 22.8 Å². The number of aryl methyl sites for hydroxylation is 2. The van der Waals surface area contributed by atoms with Gasteiger partial charge in [-0.2, -0.15) is 15.1 Å². The van der Waals surface area contributed by atoms with E-state index >= 15 is 0 Å². The van der Waals surface area contributed by atoms with E-state index < -0.39 is 0 Å². The molecule has 3 aromatic rings. The average molecular weight is 336 g/mol. The van der Waals surface area contributed by atoms with Gasteiger partial charge in [0.2, 0.25) is 5.95 Å². The number of rotatable bonds is 4. The number of fused-ring (bicyclic) bond motifs is 1. The summed E-state index contributed by atoms with van der Waals surface area (Å²) >= 11 is 0. The van der Waals surface area contributed by atoms with Crippen LogP contribution in [-0.4, -0.2) is 32.8 Å². The van der Waals surface area contributed by atoms with E-state index in [1.165, 1.54) is 30.4 Å². The number of anilines is 2. The van der Waals surface area contributed by atoms with Gasteiger partial charge in [-0.25, -0.2) is 0 Å². The van der Waals surface area contributed by atoms with Crippen LogP contribution < -0.4 is 10.2 Å². The van der Waals surface area contributed by atoms with Crippen LogP contribution in [0.25, 0.3) is 11.0 Å². The number of aromatic nitrogens is 4. The maximum atomic E-state index is 4.82. The van der Waals surface area contributed by atoms with E-state index in [0.717, 1.165) is 42.4 Å². The third kappa shape index (κ3) is 3.29. The minimum atomic E-state index is 0.737. The molecule has 2 aromatic heterocycles. The lowest BCUT2D eigenvalue weighted by atomic mass is 10.1. The first-order valence-electron chi connectivity index (χ1n) is 8.95. The van der Waals surface area contributed by atoms with Crippen LogP contribution in [0.5, 0.6) is 0 Å². The number of hydrogen-bond donors (Lipinski definition) is 1. The topological polar surface area (TPSA) is 58.9 Å². The van der Waals surface area contributed by atoms with Gasteiger partial charge in [-0.1, -0.05) is 29.8 Å². The standard InChI is InChI=1S/C19H24N6/c1-14-6-8-15(9-7-14)12-20-17-16-13-21-24(2)18(16)23-19(22-17)25-10-4-3-5-11-25/h6-9,13H,3-5,10-12H2,1-2H3,(H,20,22,23). The second-order valence-corrected chi connectivity index (χ2v) is 6.76. The number of nitrogens with zero attached hydrogens (tertiary/aromatic N) is 5. The number of hydrogen-bond acceptors (Lipinski definition) is 5. The molecule has 6 heteroatoms. The Morgan fingerprint density at radius 1 is 1.04 bits per heavy atom. The van der Waals surface area contributed by atoms with Crippen molar-refractivity contribution in [3.8, 4) is 0 Å². The van der Waals surface area contributed by atoms with Crippen molar-refractivity contribution in [1.82, 2.24) is 19.7 Å². The molecule has 0 saturated carbocycles. The molecule has 0 spiro atoms. The molecule has 130 valence electrons. The summed E-state index contributed by atoms with van der Waals surface area (Å²) in [5, 5.41) is 8.82. The molecule has 1 aliphatic rings. The van der Waals surface area contributed by atoms with E-state index in [1.54, 1.807) is 0 Å². The largest absolute Gasteiger partial charge is 0.365 e. The fraction of sp³-hybridized carbons (Fsp3) is 0.421. The van der Waals surface area contributed by atoms with Crippen LogP contribution in [0.4, 0.5) is 11.8 Å². The second-order valence-electron chi connectivity index (χ2n) is 6.76. The van der Waals surface area contributed by atoms with E-state index in [-0.39, 0.29) is 0 Å². The molecular formula is C19H24N6. The molecule has 1 aromatic carbocycles. The van der Waals surface area contributed by atoms with Crippen LogP contribution in [0.1, 0.15) is 30.4 Å². The van der Waals surface area contributed by atoms with E-state index in [0.29, 0.717) is 0 Å². The summed E-state index contributed by atoms with van der Waals surface area (Å²) in [4.78, 5) is 11.9. The maximum Gasteiger partial charge on any atom is 0.229 e. The Hall–Kier alpha value is -2.63. The summed E-state index contributed by atoms with van der Waals surface area (Å²) in [5.41, 5.74) is 3.38. The molecule has 0 atom stereocenters. The van der Waals surface area contributed by atoms with Crippen LogP contribution in [0.2, 0.25) is 0 Å². The van der Waals surface area contributed by atoms with Crippen molar-refractivity contribution < 1.29 is 0 Å². The maximum absolute atomic E-state index is 4.82. The summed E-state index contributed by atoms with van der Waals surface area (Å²) in [6.07, 6.45) is 5.55. The molecule has 0 aliphatic carbocycles. The Kier molecular flexibility index (Phi) is 4.26. The van der Waals surface area contributed by atoms with Gasteiger partial charge < -0.3 is 10.2 Å². The van der Waals surface area contributed by atoms with Crippen LogP contribution in [0.3, 0.4) is 0 Å². The van der Waals surface area contributed by atoms with Crippen molar-refractivity contribution in [3.63, 3.8) is 0 Å². The average Bonchev–Trinajstić information content (AvgIpc) is 3.03. The molecule has 1 aliphatic heterocycles. The first-order chi connectivity index (χ1) is 12.2. The van der Waals surface area contributed by atoms with E-state index in [4.69, 9.17) is 9.97 Å². The van der Waals surface area contributed by atoms with E-state index in [2.05, 4.69) is 46.5 Å². The van der Waals surface area contributed by atoms with Gasteiger partial charge in [0.25, 0.3) is 0 Å². The Balaban J connectivity index is 1.64. The molecule has 4 rings (SSSR count). The third-order valence-corrected chi connectivity index (χ3v) is 4.80. The Labute approximate surface area is 147 Å². The fourth-order valence-electron chi connectivity index (χ4n) is 3.27. The quantitative estimate of drug-likeness (QED) is 0.792. The summed E-state index contributed by atoms with van der Waals surface area (Å²) in [6.45, 7) is 4.90. The minimum absolute atomic E-state index is 0.737. The van der Waals surface area contributed by atoms with E-state index in [1.807, 2.05) is 17.9 Å². The third-order valence-electron chi connectivity index (χ3n) is 4.80. The molecule has 0 unspecified atom stereocenters. The Morgan fingerprint density at radius 2 is 1.80 bits per heavy atom. The summed E-state index contributed by atoms with van der Waals surface area (Å²) in [6, 6.07) is 8.57. The lowest BCUT2D eigenvalue weighted by Gasteiger charge is -2.27. The van der Waals surface area contributed by atoms with Crippen LogP contribution >= 0.6 is 0 Å². The van der Waals surface area contributed by atoms with Crippen LogP contribution in [0.15, 0.2) is 30.5 Å². The van der Waals surface area contributed by atoms with Crippen molar-refractivity contribution in [3.05, 3.63) is 41.6 Å². The number of benzene rings is 1. The van der Waals surface area contributed by atoms with Gasteiger partial charge in [0.1, 0.15) is 5.82 Å². The van der Waals surface area contributed by atoms with E-state index in [9.17, 15) is 0 Å². The predicted octanol–water partition coefficient (Wildman–Crippen LogP) is 3.27. The Morgan fingerprint density at radius 3 is 2.56 bits per heavy atom. The smallest absolute Gasteiger partial charge is 0.229 e. The molecule has 6 nitrogen and oxygen atoms in total. The van der Waals surface area contributed by atoms with Gasteiger partial charge in [0.05, 0.1) is 11.6 Å². The zero-order valence-electron chi connectivity index (χ0n) is 14.9. The minimum Gasteiger partial charge on any atom is -0.365 e. The van der Waals surface area contributed by atoms with Crippen molar-refractivity contribution in [2.45, 2.75) is 32.7 Å². The fourth-order valence-corrected chi connectivity index (χ4v) is 3.27. The SMILES string of the molecule is Cc1ccc(CNc2nc(N3CCCCC3)nc3c2cnn3C)cc1. The van der Waals surface area contributed by atoms with Crippen LogP contribution in [-0.2, 0) is 13.6 Å². The highest BCUT2D eigenvalue weighted by Gasteiger charge is 2.18. The van der Waals surface area contributed by atoms with Gasteiger partial charge in [0, 0.05) is 26.7 Å². The monoisotopic (exact) mass is 336 g/mol. The molecule has 1 N–H and O–H groups in total. The highest BCUT2D eigenvalue weighted by atomic mass is 15.3. The van der Waals surface area contributed by atoms with Gasteiger partial charge >= 0.3 is 0 Å². The van der Waals surface area contributed by atoms with Crippen molar-refractivity contribution in [2.24, 2.45) is 7.05 Å². The highest BCUT2D eigenvalue weighted by Crippen LogP contribution is 2.25. The van der Waals surface area contributed by atoms with Gasteiger partial charge in [-0.3, -0.25) is 4.68 Å². The van der Waals surface area contributed by atoms with Gasteiger partial charge in [-0.05, 0) is 31.7 Å². The first-order valence-corrected chi connectivity index (χ1v) is 8.95. The highest BCUT2D eigenvalue weighted by molar-refractivity contribution is 5.87. The Bertz CT molecular complexity index is 862. The predicted molar refractivity (Wildman–Crippen MR) is 101 cm³/mol. The normalized spacial score (nSPS) is 14.9. The van der Waals surface area contributed by atoms with Crippen molar-refractivity contribution in [1.29, 1.82) is 0 Å². The molecule has 25 heavy (non-hydrogen) atoms. The molecule has 0 amide bonds. The van der Waals surface area contributed by atoms with Crippen LogP contribution in [0, 0.1) is 6.92 Å². The molecule has 1 saturated heterocycles. The molecular weight excluding hydrogens is 312 g/mol. The first kappa shape index (κ1) is 15.9. The summed E-state index contributed by atoms with van der Waals surface area (Å²) in [5.74, 6) is 1.67. The zero-order valence-corrected chi connectivity index (χ0v) is 14.9. The second kappa shape index (κ2) is 6.70. The lowest BCUT2D eigenvalue weighted by molar-refractivity contribution is 0.568. The lowest BCUT2D eigenvalue weighted by Crippen LogP contribution is -2.31. The number of nitrogens with one attached hydrogen (secondary N) is 1. The zero-order chi connectivity index (χ0) is 17.2. The van der Waals surface area contributed by atoms with Crippen molar-refractivity contribution in [2.75, 3.05) is 23.3 Å². The molecule has 1 fully saturated rings. The molecule has 0 bridgehead atoms. The van der Waals surface area contributed by atoms with Gasteiger partial charge in [0.15, 0.2) is 5.65 Å².